The molecular weight excluding hydrogens is 240 g/mol. The van der Waals surface area contributed by atoms with Gasteiger partial charge < -0.3 is 15.5 Å². The summed E-state index contributed by atoms with van der Waals surface area (Å²) in [6, 6.07) is 0. The third-order valence-corrected chi connectivity index (χ3v) is 3.83. The van der Waals surface area contributed by atoms with Crippen molar-refractivity contribution in [1.29, 1.82) is 0 Å². The van der Waals surface area contributed by atoms with E-state index < -0.39 is 0 Å². The van der Waals surface area contributed by atoms with Gasteiger partial charge >= 0.3 is 0 Å². The lowest BCUT2D eigenvalue weighted by molar-refractivity contribution is -0.132. The van der Waals surface area contributed by atoms with Crippen LogP contribution in [0.3, 0.4) is 0 Å². The Morgan fingerprint density at radius 2 is 1.74 bits per heavy atom. The number of likely N-dealkylation sites (N-methyl/N-ethyl adjacent to an activating group) is 1. The van der Waals surface area contributed by atoms with Crippen molar-refractivity contribution in [3.8, 4) is 0 Å². The van der Waals surface area contributed by atoms with Crippen LogP contribution in [0.4, 0.5) is 0 Å². The average Bonchev–Trinajstić information content (AvgIpc) is 2.63. The monoisotopic (exact) mass is 270 g/mol. The zero-order chi connectivity index (χ0) is 14.1. The molecule has 0 aromatic rings. The summed E-state index contributed by atoms with van der Waals surface area (Å²) in [4.78, 5) is 18.8. The van der Waals surface area contributed by atoms with E-state index >= 15 is 0 Å². The fraction of sp³-hybridized carbons (Fsp3) is 0.929. The molecule has 1 aliphatic rings. The van der Waals surface area contributed by atoms with Crippen LogP contribution in [0.1, 0.15) is 26.7 Å². The number of amides is 1. The minimum atomic E-state index is 0.264. The molecule has 1 saturated heterocycles. The van der Waals surface area contributed by atoms with Crippen LogP contribution in [0, 0.1) is 0 Å². The molecule has 0 spiro atoms. The summed E-state index contributed by atoms with van der Waals surface area (Å²) in [6.45, 7) is 12.4. The van der Waals surface area contributed by atoms with E-state index in [1.165, 1.54) is 0 Å². The Hall–Kier alpha value is -0.650. The Labute approximate surface area is 117 Å². The number of rotatable bonds is 7. The summed E-state index contributed by atoms with van der Waals surface area (Å²) >= 11 is 0. The summed E-state index contributed by atoms with van der Waals surface area (Å²) in [6.07, 6.45) is 2.22. The largest absolute Gasteiger partial charge is 0.342 e. The van der Waals surface area contributed by atoms with E-state index in [0.717, 1.165) is 65.2 Å². The van der Waals surface area contributed by atoms with Crippen LogP contribution in [-0.2, 0) is 4.79 Å². The predicted octanol–water partition coefficient (Wildman–Crippen LogP) is 0.211. The van der Waals surface area contributed by atoms with Crippen molar-refractivity contribution in [3.05, 3.63) is 0 Å². The molecule has 1 aliphatic heterocycles. The van der Waals surface area contributed by atoms with E-state index in [9.17, 15) is 4.79 Å². The van der Waals surface area contributed by atoms with Crippen LogP contribution in [-0.4, -0.2) is 79.5 Å². The van der Waals surface area contributed by atoms with Gasteiger partial charge in [-0.25, -0.2) is 0 Å². The lowest BCUT2D eigenvalue weighted by Crippen LogP contribution is -2.41. The summed E-state index contributed by atoms with van der Waals surface area (Å²) in [5, 5.41) is 0. The van der Waals surface area contributed by atoms with Gasteiger partial charge in [0.25, 0.3) is 0 Å². The second kappa shape index (κ2) is 9.28. The first-order valence-corrected chi connectivity index (χ1v) is 7.63. The molecule has 1 amide bonds. The smallest absolute Gasteiger partial charge is 0.236 e. The number of nitrogens with two attached hydrogens (primary N) is 1. The van der Waals surface area contributed by atoms with Gasteiger partial charge in [0.2, 0.25) is 5.91 Å². The molecule has 19 heavy (non-hydrogen) atoms. The highest BCUT2D eigenvalue weighted by molar-refractivity contribution is 5.78. The molecule has 0 radical (unpaired) electrons. The third kappa shape index (κ3) is 5.89. The van der Waals surface area contributed by atoms with Gasteiger partial charge in [-0.15, -0.1) is 0 Å². The van der Waals surface area contributed by atoms with Crippen molar-refractivity contribution in [3.63, 3.8) is 0 Å². The zero-order valence-electron chi connectivity index (χ0n) is 12.6. The molecule has 1 heterocycles. The Morgan fingerprint density at radius 1 is 1.11 bits per heavy atom. The van der Waals surface area contributed by atoms with E-state index in [1.807, 2.05) is 18.7 Å². The number of carbonyl (C=O) groups is 1. The molecule has 0 atom stereocenters. The number of hydrogen-bond donors (Lipinski definition) is 1. The van der Waals surface area contributed by atoms with Crippen molar-refractivity contribution in [1.82, 2.24) is 14.7 Å². The highest BCUT2D eigenvalue weighted by Crippen LogP contribution is 2.04. The van der Waals surface area contributed by atoms with Gasteiger partial charge in [0.05, 0.1) is 6.54 Å². The van der Waals surface area contributed by atoms with E-state index in [0.29, 0.717) is 6.54 Å². The minimum absolute atomic E-state index is 0.264. The van der Waals surface area contributed by atoms with Gasteiger partial charge in [-0.2, -0.15) is 0 Å². The van der Waals surface area contributed by atoms with Crippen LogP contribution in [0.15, 0.2) is 0 Å². The normalized spacial score (nSPS) is 18.3. The van der Waals surface area contributed by atoms with Crippen molar-refractivity contribution >= 4 is 5.91 Å². The summed E-state index contributed by atoms with van der Waals surface area (Å²) in [7, 11) is 0. The first-order chi connectivity index (χ1) is 9.21. The van der Waals surface area contributed by atoms with Crippen LogP contribution >= 0.6 is 0 Å². The molecular formula is C14H30N4O. The van der Waals surface area contributed by atoms with Gasteiger partial charge in [-0.3, -0.25) is 9.69 Å². The van der Waals surface area contributed by atoms with E-state index in [-0.39, 0.29) is 5.91 Å². The lowest BCUT2D eigenvalue weighted by atomic mass is 10.3. The first-order valence-electron chi connectivity index (χ1n) is 7.63. The molecule has 5 nitrogen and oxygen atoms in total. The molecule has 5 heteroatoms. The molecule has 1 rings (SSSR count). The second-order valence-corrected chi connectivity index (χ2v) is 5.18. The maximum atomic E-state index is 12.1. The van der Waals surface area contributed by atoms with Crippen LogP contribution in [0.25, 0.3) is 0 Å². The van der Waals surface area contributed by atoms with Crippen molar-refractivity contribution in [2.24, 2.45) is 5.73 Å². The topological polar surface area (TPSA) is 52.8 Å². The highest BCUT2D eigenvalue weighted by Gasteiger charge is 2.18. The summed E-state index contributed by atoms with van der Waals surface area (Å²) in [5.74, 6) is 0.264. The maximum absolute atomic E-state index is 12.1. The molecule has 0 saturated carbocycles. The van der Waals surface area contributed by atoms with Gasteiger partial charge in [0.15, 0.2) is 0 Å². The third-order valence-electron chi connectivity index (χ3n) is 3.83. The Balaban J connectivity index is 2.34. The molecule has 112 valence electrons. The standard InChI is InChI=1S/C14H30N4O/c1-3-18(4-2)14(19)13-17-10-6-9-16(11-12-17)8-5-7-15/h3-13,15H2,1-2H3. The van der Waals surface area contributed by atoms with Crippen LogP contribution in [0.2, 0.25) is 0 Å². The molecule has 0 unspecified atom stereocenters. The summed E-state index contributed by atoms with van der Waals surface area (Å²) in [5.41, 5.74) is 5.55. The molecule has 0 aromatic carbocycles. The number of hydrogen-bond acceptors (Lipinski definition) is 4. The van der Waals surface area contributed by atoms with Gasteiger partial charge in [0.1, 0.15) is 0 Å². The van der Waals surface area contributed by atoms with E-state index in [4.69, 9.17) is 5.73 Å². The van der Waals surface area contributed by atoms with Crippen molar-refractivity contribution in [2.45, 2.75) is 26.7 Å². The number of carbonyl (C=O) groups excluding carboxylic acids is 1. The fourth-order valence-corrected chi connectivity index (χ4v) is 2.59. The SMILES string of the molecule is CCN(CC)C(=O)CN1CCCN(CCCN)CC1. The van der Waals surface area contributed by atoms with Gasteiger partial charge in [-0.05, 0) is 52.9 Å². The predicted molar refractivity (Wildman–Crippen MR) is 79.1 cm³/mol. The minimum Gasteiger partial charge on any atom is -0.342 e. The first kappa shape index (κ1) is 16.4. The van der Waals surface area contributed by atoms with E-state index in [1.54, 1.807) is 0 Å². The quantitative estimate of drug-likeness (QED) is 0.718. The van der Waals surface area contributed by atoms with Gasteiger partial charge in [0, 0.05) is 26.2 Å². The second-order valence-electron chi connectivity index (χ2n) is 5.18. The summed E-state index contributed by atoms with van der Waals surface area (Å²) < 4.78 is 0. The zero-order valence-corrected chi connectivity index (χ0v) is 12.6. The van der Waals surface area contributed by atoms with Crippen molar-refractivity contribution < 1.29 is 4.79 Å². The number of nitrogens with zero attached hydrogens (tertiary/aromatic N) is 3. The fourth-order valence-electron chi connectivity index (χ4n) is 2.59. The Bertz CT molecular complexity index is 256. The highest BCUT2D eigenvalue weighted by atomic mass is 16.2. The average molecular weight is 270 g/mol. The van der Waals surface area contributed by atoms with Crippen LogP contribution < -0.4 is 5.73 Å². The van der Waals surface area contributed by atoms with E-state index in [2.05, 4.69) is 9.80 Å². The lowest BCUT2D eigenvalue weighted by Gasteiger charge is -2.25. The van der Waals surface area contributed by atoms with Crippen molar-refractivity contribution in [2.75, 3.05) is 58.9 Å². The van der Waals surface area contributed by atoms with Gasteiger partial charge in [-0.1, -0.05) is 0 Å². The van der Waals surface area contributed by atoms with Crippen LogP contribution in [0.5, 0.6) is 0 Å². The Kier molecular flexibility index (Phi) is 8.02. The molecule has 0 bridgehead atoms. The molecule has 2 N–H and O–H groups in total. The molecule has 0 aromatic heterocycles. The Morgan fingerprint density at radius 3 is 2.37 bits per heavy atom. The molecule has 0 aliphatic carbocycles. The molecule has 1 fully saturated rings. The maximum Gasteiger partial charge on any atom is 0.236 e.